The van der Waals surface area contributed by atoms with E-state index in [4.69, 9.17) is 31.5 Å². The monoisotopic (exact) mass is 451 g/mol. The molecule has 0 radical (unpaired) electrons. The maximum Gasteiger partial charge on any atom is 0.351 e. The summed E-state index contributed by atoms with van der Waals surface area (Å²) < 4.78 is 24.2. The van der Waals surface area contributed by atoms with Crippen LogP contribution in [0.1, 0.15) is 45.4 Å². The average molecular weight is 452 g/mol. The van der Waals surface area contributed by atoms with E-state index in [0.717, 1.165) is 0 Å². The van der Waals surface area contributed by atoms with Gasteiger partial charge < -0.3 is 20.1 Å². The highest BCUT2D eigenvalue weighted by Crippen LogP contribution is 2.57. The van der Waals surface area contributed by atoms with Gasteiger partial charge in [0, 0.05) is 18.2 Å². The van der Waals surface area contributed by atoms with Gasteiger partial charge in [-0.2, -0.15) is 4.98 Å². The number of aromatic nitrogens is 2. The predicted molar refractivity (Wildman–Crippen MR) is 110 cm³/mol. The topological polar surface area (TPSA) is 118 Å². The Morgan fingerprint density at radius 2 is 2.25 bits per heavy atom. The number of anilines is 1. The molecule has 28 heavy (non-hydrogen) atoms. The predicted octanol–water partition coefficient (Wildman–Crippen LogP) is 2.09. The first kappa shape index (κ1) is 22.2. The summed E-state index contributed by atoms with van der Waals surface area (Å²) in [5.41, 5.74) is 4.88. The van der Waals surface area contributed by atoms with Gasteiger partial charge in [0.05, 0.1) is 6.61 Å². The van der Waals surface area contributed by atoms with Gasteiger partial charge >= 0.3 is 12.4 Å². The van der Waals surface area contributed by atoms with Crippen molar-refractivity contribution in [2.24, 2.45) is 5.41 Å². The van der Waals surface area contributed by atoms with Crippen LogP contribution in [-0.4, -0.2) is 38.9 Å². The zero-order valence-electron chi connectivity index (χ0n) is 16.2. The molecule has 2 fully saturated rings. The Kier molecular flexibility index (Phi) is 6.04. The summed E-state index contributed by atoms with van der Waals surface area (Å²) in [7, 11) is 0. The van der Waals surface area contributed by atoms with E-state index in [2.05, 4.69) is 42.6 Å². The number of ether oxygens (including phenoxy) is 2. The molecule has 0 aliphatic carbocycles. The zero-order valence-corrected chi connectivity index (χ0v) is 18.8. The van der Waals surface area contributed by atoms with Crippen LogP contribution in [-0.2, 0) is 29.8 Å². The smallest absolute Gasteiger partial charge is 0.351 e. The molecule has 2 saturated heterocycles. The van der Waals surface area contributed by atoms with E-state index in [1.54, 1.807) is 13.1 Å². The third-order valence-electron chi connectivity index (χ3n) is 4.92. The minimum Gasteiger partial charge on any atom is -0.383 e. The number of nitrogens with zero attached hydrogens (tertiary/aromatic N) is 2. The fraction of sp³-hybridized carbons (Fsp3) is 0.750. The third kappa shape index (κ3) is 4.32. The molecule has 0 amide bonds. The second-order valence-corrected chi connectivity index (χ2v) is 11.7. The van der Waals surface area contributed by atoms with E-state index < -0.39 is 36.4 Å². The van der Waals surface area contributed by atoms with Crippen molar-refractivity contribution < 1.29 is 22.9 Å². The van der Waals surface area contributed by atoms with Crippen LogP contribution in [0.15, 0.2) is 11.0 Å². The molecule has 1 aromatic heterocycles. The number of nitrogens with two attached hydrogens (primary N) is 1. The Morgan fingerprint density at radius 3 is 2.86 bits per heavy atom. The number of rotatable bonds is 5. The molecule has 1 aromatic rings. The lowest BCUT2D eigenvalue weighted by molar-refractivity contribution is -0.131. The fourth-order valence-corrected chi connectivity index (χ4v) is 5.02. The standard InChI is InChI=1S/C16H26N3O6PS2/c1-9-7-19(14(20)18-12(9)17)13-10-11(24-26(21,28)25-27)16(23-13,5-6-22-10)8-15(2,3)4/h7,10-11,13,27H,5-6,8H2,1-4H3,(H,21,28)(H2,17,18,20)/t10?,11?,13-,16-,26?/m1/s1. The molecule has 2 aliphatic rings. The SMILES string of the molecule is Cc1cn([C@@H]2O[C@@]3(CC(C)(C)C)CCOC2C3OP(O)(=S)OS)c(=O)nc1N. The van der Waals surface area contributed by atoms with Crippen molar-refractivity contribution in [2.45, 2.75) is 64.6 Å². The van der Waals surface area contributed by atoms with Crippen LogP contribution in [0.2, 0.25) is 0 Å². The second-order valence-electron chi connectivity index (χ2n) is 8.47. The maximum atomic E-state index is 12.5. The number of thiol groups is 1. The summed E-state index contributed by atoms with van der Waals surface area (Å²) in [5.74, 6) is 0.162. The van der Waals surface area contributed by atoms with Crippen molar-refractivity contribution in [3.8, 4) is 0 Å². The van der Waals surface area contributed by atoms with Gasteiger partial charge in [0.1, 0.15) is 23.6 Å². The summed E-state index contributed by atoms with van der Waals surface area (Å²) in [6.07, 6.45) is 0.476. The summed E-state index contributed by atoms with van der Waals surface area (Å²) in [5, 5.41) is 0. The molecule has 3 unspecified atom stereocenters. The van der Waals surface area contributed by atoms with E-state index in [-0.39, 0.29) is 11.2 Å². The molecule has 3 rings (SSSR count). The van der Waals surface area contributed by atoms with E-state index >= 15 is 0 Å². The molecule has 3 heterocycles. The number of fused-ring (bicyclic) bond motifs is 2. The minimum absolute atomic E-state index is 0.127. The Labute approximate surface area is 174 Å². The molecule has 0 saturated carbocycles. The molecule has 158 valence electrons. The largest absolute Gasteiger partial charge is 0.383 e. The van der Waals surface area contributed by atoms with Crippen LogP contribution < -0.4 is 11.4 Å². The normalized spacial score (nSPS) is 32.3. The average Bonchev–Trinajstić information content (AvgIpc) is 2.72. The van der Waals surface area contributed by atoms with E-state index in [1.165, 1.54) is 4.57 Å². The lowest BCUT2D eigenvalue weighted by atomic mass is 9.76. The third-order valence-corrected chi connectivity index (χ3v) is 7.09. The molecule has 12 heteroatoms. The van der Waals surface area contributed by atoms with Crippen molar-refractivity contribution in [2.75, 3.05) is 12.3 Å². The molecule has 5 atom stereocenters. The second kappa shape index (κ2) is 7.63. The van der Waals surface area contributed by atoms with Gasteiger partial charge in [0.25, 0.3) is 0 Å². The molecule has 9 nitrogen and oxygen atoms in total. The Morgan fingerprint density at radius 1 is 1.57 bits per heavy atom. The van der Waals surface area contributed by atoms with Crippen molar-refractivity contribution in [3.05, 3.63) is 22.2 Å². The van der Waals surface area contributed by atoms with Crippen molar-refractivity contribution in [1.82, 2.24) is 9.55 Å². The summed E-state index contributed by atoms with van der Waals surface area (Å²) in [4.78, 5) is 26.6. The van der Waals surface area contributed by atoms with Crippen LogP contribution in [0.25, 0.3) is 0 Å². The Balaban J connectivity index is 2.07. The first-order valence-corrected chi connectivity index (χ1v) is 11.8. The van der Waals surface area contributed by atoms with Crippen LogP contribution in [0.4, 0.5) is 5.82 Å². The first-order chi connectivity index (χ1) is 12.9. The quantitative estimate of drug-likeness (QED) is 0.351. The van der Waals surface area contributed by atoms with E-state index in [9.17, 15) is 9.69 Å². The van der Waals surface area contributed by atoms with E-state index in [1.807, 2.05) is 0 Å². The first-order valence-electron chi connectivity index (χ1n) is 8.86. The van der Waals surface area contributed by atoms with Gasteiger partial charge in [-0.1, -0.05) is 20.8 Å². The number of hydrogen-bond acceptors (Lipinski definition) is 9. The summed E-state index contributed by atoms with van der Waals surface area (Å²) in [6.45, 7) is 4.78. The number of hydrogen-bond donors (Lipinski definition) is 3. The molecule has 3 N–H and O–H groups in total. The molecule has 0 aromatic carbocycles. The van der Waals surface area contributed by atoms with Crippen LogP contribution in [0, 0.1) is 12.3 Å². The highest BCUT2D eigenvalue weighted by Gasteiger charge is 2.62. The molecular formula is C16H26N3O6PS2. The van der Waals surface area contributed by atoms with Crippen LogP contribution in [0.5, 0.6) is 0 Å². The minimum atomic E-state index is -3.62. The maximum absolute atomic E-state index is 12.5. The molecule has 2 aliphatic heterocycles. The number of aryl methyl sites for hydroxylation is 1. The zero-order chi connectivity index (χ0) is 20.9. The highest BCUT2D eigenvalue weighted by atomic mass is 32.5. The Hall–Kier alpha value is -0.520. The lowest BCUT2D eigenvalue weighted by Crippen LogP contribution is -2.51. The molecule has 2 bridgehead atoms. The van der Waals surface area contributed by atoms with Crippen molar-refractivity contribution >= 4 is 37.3 Å². The fourth-order valence-electron chi connectivity index (χ4n) is 3.99. The van der Waals surface area contributed by atoms with E-state index in [0.29, 0.717) is 25.0 Å². The summed E-state index contributed by atoms with van der Waals surface area (Å²) in [6, 6.07) is 0. The van der Waals surface area contributed by atoms with Gasteiger partial charge in [-0.3, -0.25) is 9.09 Å². The Bertz CT molecular complexity index is 860. The highest BCUT2D eigenvalue weighted by molar-refractivity contribution is 8.09. The lowest BCUT2D eigenvalue weighted by Gasteiger charge is -2.42. The van der Waals surface area contributed by atoms with Gasteiger partial charge in [-0.05, 0) is 43.5 Å². The van der Waals surface area contributed by atoms with Gasteiger partial charge in [0.2, 0.25) is 0 Å². The van der Waals surface area contributed by atoms with Gasteiger partial charge in [0.15, 0.2) is 6.23 Å². The molecule has 0 spiro atoms. The van der Waals surface area contributed by atoms with Crippen molar-refractivity contribution in [3.63, 3.8) is 0 Å². The molecular weight excluding hydrogens is 425 g/mol. The number of nitrogen functional groups attached to an aromatic ring is 1. The van der Waals surface area contributed by atoms with Gasteiger partial charge in [-0.25, -0.2) is 8.76 Å². The van der Waals surface area contributed by atoms with Crippen LogP contribution >= 0.6 is 19.6 Å². The van der Waals surface area contributed by atoms with Crippen molar-refractivity contribution in [1.29, 1.82) is 0 Å². The van der Waals surface area contributed by atoms with Crippen LogP contribution in [0.3, 0.4) is 0 Å². The van der Waals surface area contributed by atoms with Gasteiger partial charge in [-0.15, -0.1) is 0 Å². The summed E-state index contributed by atoms with van der Waals surface area (Å²) >= 11 is 8.64.